The maximum absolute atomic E-state index is 10.4. The van der Waals surface area contributed by atoms with E-state index in [1.807, 2.05) is 12.1 Å². The minimum absolute atomic E-state index is 0.533. The van der Waals surface area contributed by atoms with Crippen LogP contribution in [-0.2, 0) is 0 Å². The zero-order valence-electron chi connectivity index (χ0n) is 6.45. The fourth-order valence-electron chi connectivity index (χ4n) is 0.831. The van der Waals surface area contributed by atoms with Gasteiger partial charge in [-0.1, -0.05) is 24.0 Å². The van der Waals surface area contributed by atoms with Crippen molar-refractivity contribution in [1.82, 2.24) is 0 Å². The molecule has 0 aliphatic heterocycles. The zero-order valence-corrected chi connectivity index (χ0v) is 7.34. The standard InChI is InChI=1S/C10H8OS/c11-8-10-4-1-3-9(7-10)5-2-6-12/h1,3-4,7-8,12H,6H2. The highest BCUT2D eigenvalue weighted by molar-refractivity contribution is 7.80. The molecule has 0 fully saturated rings. The van der Waals surface area contributed by atoms with Gasteiger partial charge in [-0.2, -0.15) is 12.6 Å². The molecule has 1 aromatic rings. The summed E-state index contributed by atoms with van der Waals surface area (Å²) >= 11 is 3.96. The van der Waals surface area contributed by atoms with Crippen LogP contribution in [0, 0.1) is 11.8 Å². The third-order valence-electron chi connectivity index (χ3n) is 1.33. The highest BCUT2D eigenvalue weighted by Gasteiger charge is 1.89. The smallest absolute Gasteiger partial charge is 0.150 e. The highest BCUT2D eigenvalue weighted by Crippen LogP contribution is 2.00. The lowest BCUT2D eigenvalue weighted by Gasteiger charge is -1.90. The van der Waals surface area contributed by atoms with Crippen LogP contribution in [0.15, 0.2) is 24.3 Å². The molecule has 0 spiro atoms. The van der Waals surface area contributed by atoms with E-state index in [0.29, 0.717) is 11.3 Å². The molecule has 0 aliphatic carbocycles. The number of rotatable bonds is 1. The van der Waals surface area contributed by atoms with Crippen molar-refractivity contribution >= 4 is 18.9 Å². The van der Waals surface area contributed by atoms with Gasteiger partial charge in [0.1, 0.15) is 6.29 Å². The van der Waals surface area contributed by atoms with Crippen LogP contribution in [0.2, 0.25) is 0 Å². The highest BCUT2D eigenvalue weighted by atomic mass is 32.1. The van der Waals surface area contributed by atoms with E-state index in [9.17, 15) is 4.79 Å². The largest absolute Gasteiger partial charge is 0.298 e. The molecule has 0 saturated carbocycles. The SMILES string of the molecule is O=Cc1cccc(C#CCS)c1. The molecule has 0 radical (unpaired) electrons. The van der Waals surface area contributed by atoms with Crippen molar-refractivity contribution in [2.45, 2.75) is 0 Å². The van der Waals surface area contributed by atoms with Crippen LogP contribution in [0.3, 0.4) is 0 Å². The van der Waals surface area contributed by atoms with Gasteiger partial charge in [0.05, 0.1) is 5.75 Å². The average molecular weight is 176 g/mol. The van der Waals surface area contributed by atoms with E-state index in [0.717, 1.165) is 11.8 Å². The third kappa shape index (κ3) is 2.44. The lowest BCUT2D eigenvalue weighted by atomic mass is 10.1. The molecule has 0 aromatic heterocycles. The predicted molar refractivity (Wildman–Crippen MR) is 52.6 cm³/mol. The van der Waals surface area contributed by atoms with Crippen molar-refractivity contribution in [2.24, 2.45) is 0 Å². The van der Waals surface area contributed by atoms with E-state index in [4.69, 9.17) is 0 Å². The molecule has 0 saturated heterocycles. The van der Waals surface area contributed by atoms with Gasteiger partial charge in [0.2, 0.25) is 0 Å². The molecule has 0 amide bonds. The Morgan fingerprint density at radius 1 is 1.50 bits per heavy atom. The summed E-state index contributed by atoms with van der Waals surface area (Å²) in [7, 11) is 0. The normalized spacial score (nSPS) is 8.42. The molecule has 0 bridgehead atoms. The summed E-state index contributed by atoms with van der Waals surface area (Å²) in [4.78, 5) is 10.4. The van der Waals surface area contributed by atoms with Crippen LogP contribution in [0.4, 0.5) is 0 Å². The number of carbonyl (C=O) groups is 1. The quantitative estimate of drug-likeness (QED) is 0.392. The van der Waals surface area contributed by atoms with Crippen molar-refractivity contribution in [3.05, 3.63) is 35.4 Å². The summed E-state index contributed by atoms with van der Waals surface area (Å²) in [5.41, 5.74) is 1.51. The van der Waals surface area contributed by atoms with Gasteiger partial charge in [0, 0.05) is 11.1 Å². The molecule has 60 valence electrons. The Balaban J connectivity index is 2.93. The van der Waals surface area contributed by atoms with Crippen LogP contribution >= 0.6 is 12.6 Å². The van der Waals surface area contributed by atoms with Crippen LogP contribution < -0.4 is 0 Å². The number of hydrogen-bond acceptors (Lipinski definition) is 2. The van der Waals surface area contributed by atoms with Gasteiger partial charge < -0.3 is 0 Å². The first-order chi connectivity index (χ1) is 5.86. The number of aldehydes is 1. The van der Waals surface area contributed by atoms with Crippen LogP contribution in [-0.4, -0.2) is 12.0 Å². The maximum atomic E-state index is 10.4. The van der Waals surface area contributed by atoms with E-state index >= 15 is 0 Å². The number of benzene rings is 1. The Bertz CT molecular complexity index is 333. The summed E-state index contributed by atoms with van der Waals surface area (Å²) in [6.07, 6.45) is 0.811. The Labute approximate surface area is 77.2 Å². The number of hydrogen-bond donors (Lipinski definition) is 1. The van der Waals surface area contributed by atoms with E-state index in [-0.39, 0.29) is 0 Å². The van der Waals surface area contributed by atoms with E-state index < -0.39 is 0 Å². The Morgan fingerprint density at radius 2 is 2.33 bits per heavy atom. The summed E-state index contributed by atoms with van der Waals surface area (Å²) < 4.78 is 0. The molecule has 0 atom stereocenters. The van der Waals surface area contributed by atoms with Gasteiger partial charge in [0.25, 0.3) is 0 Å². The summed E-state index contributed by atoms with van der Waals surface area (Å²) in [6, 6.07) is 7.18. The van der Waals surface area contributed by atoms with Gasteiger partial charge in [-0.15, -0.1) is 0 Å². The van der Waals surface area contributed by atoms with E-state index in [2.05, 4.69) is 24.5 Å². The van der Waals surface area contributed by atoms with Crippen LogP contribution in [0.1, 0.15) is 15.9 Å². The fraction of sp³-hybridized carbons (Fsp3) is 0.100. The summed E-state index contributed by atoms with van der Waals surface area (Å²) in [5, 5.41) is 0. The summed E-state index contributed by atoms with van der Waals surface area (Å²) in [5.74, 6) is 6.23. The lowest BCUT2D eigenvalue weighted by molar-refractivity contribution is 0.112. The molecule has 0 heterocycles. The molecule has 12 heavy (non-hydrogen) atoms. The van der Waals surface area contributed by atoms with Crippen molar-refractivity contribution < 1.29 is 4.79 Å². The maximum Gasteiger partial charge on any atom is 0.150 e. The topological polar surface area (TPSA) is 17.1 Å². The average Bonchev–Trinajstić information content (AvgIpc) is 2.15. The van der Waals surface area contributed by atoms with Crippen molar-refractivity contribution in [2.75, 3.05) is 5.75 Å². The molecular weight excluding hydrogens is 168 g/mol. The second kappa shape index (κ2) is 4.63. The van der Waals surface area contributed by atoms with E-state index in [1.54, 1.807) is 12.1 Å². The second-order valence-electron chi connectivity index (χ2n) is 2.20. The van der Waals surface area contributed by atoms with Crippen molar-refractivity contribution in [3.63, 3.8) is 0 Å². The molecule has 1 aromatic carbocycles. The zero-order chi connectivity index (χ0) is 8.81. The van der Waals surface area contributed by atoms with Gasteiger partial charge >= 0.3 is 0 Å². The Morgan fingerprint density at radius 3 is 3.00 bits per heavy atom. The first kappa shape index (κ1) is 8.89. The fourth-order valence-corrected chi connectivity index (χ4v) is 0.910. The predicted octanol–water partition coefficient (Wildman–Crippen LogP) is 1.78. The molecular formula is C10H8OS. The Kier molecular flexibility index (Phi) is 3.43. The van der Waals surface area contributed by atoms with Gasteiger partial charge in [-0.05, 0) is 12.1 Å². The first-order valence-electron chi connectivity index (χ1n) is 3.52. The van der Waals surface area contributed by atoms with Crippen LogP contribution in [0.5, 0.6) is 0 Å². The summed E-state index contributed by atoms with van der Waals surface area (Å²) in [6.45, 7) is 0. The minimum Gasteiger partial charge on any atom is -0.298 e. The van der Waals surface area contributed by atoms with Gasteiger partial charge in [0.15, 0.2) is 0 Å². The van der Waals surface area contributed by atoms with Crippen molar-refractivity contribution in [3.8, 4) is 11.8 Å². The number of thiol groups is 1. The van der Waals surface area contributed by atoms with Gasteiger partial charge in [-0.25, -0.2) is 0 Å². The molecule has 0 N–H and O–H groups in total. The molecule has 1 rings (SSSR count). The van der Waals surface area contributed by atoms with Crippen LogP contribution in [0.25, 0.3) is 0 Å². The lowest BCUT2D eigenvalue weighted by Crippen LogP contribution is -1.80. The molecule has 0 aliphatic rings. The van der Waals surface area contributed by atoms with Crippen molar-refractivity contribution in [1.29, 1.82) is 0 Å². The molecule has 2 heteroatoms. The number of carbonyl (C=O) groups excluding carboxylic acids is 1. The Hall–Kier alpha value is -1.20. The first-order valence-corrected chi connectivity index (χ1v) is 4.15. The molecule has 0 unspecified atom stereocenters. The van der Waals surface area contributed by atoms with Gasteiger partial charge in [-0.3, -0.25) is 4.79 Å². The molecule has 1 nitrogen and oxygen atoms in total. The second-order valence-corrected chi connectivity index (χ2v) is 2.52. The van der Waals surface area contributed by atoms with E-state index in [1.165, 1.54) is 0 Å². The minimum atomic E-state index is 0.533. The monoisotopic (exact) mass is 176 g/mol. The third-order valence-corrected chi connectivity index (χ3v) is 1.49.